The summed E-state index contributed by atoms with van der Waals surface area (Å²) in [4.78, 5) is 0. The molecule has 0 spiro atoms. The van der Waals surface area contributed by atoms with Crippen LogP contribution in [0.4, 0.5) is 0 Å². The highest BCUT2D eigenvalue weighted by atomic mass is 79.9. The third kappa shape index (κ3) is 2.19. The van der Waals surface area contributed by atoms with Crippen LogP contribution in [0.3, 0.4) is 0 Å². The Bertz CT molecular complexity index is 523. The number of aryl methyl sites for hydroxylation is 1. The molecule has 0 aliphatic carbocycles. The predicted molar refractivity (Wildman–Crippen MR) is 73.8 cm³/mol. The monoisotopic (exact) mass is 362 g/mol. The van der Waals surface area contributed by atoms with E-state index in [1.54, 1.807) is 0 Å². The maximum atomic E-state index is 6.16. The molecule has 1 heterocycles. The van der Waals surface area contributed by atoms with Gasteiger partial charge in [-0.25, -0.2) is 0 Å². The van der Waals surface area contributed by atoms with Gasteiger partial charge in [0.15, 0.2) is 0 Å². The van der Waals surface area contributed by atoms with E-state index < -0.39 is 0 Å². The predicted octanol–water partition coefficient (Wildman–Crippen LogP) is 4.82. The molecule has 0 aliphatic rings. The summed E-state index contributed by atoms with van der Waals surface area (Å²) in [6, 6.07) is 5.73. The van der Waals surface area contributed by atoms with Crippen molar-refractivity contribution in [2.24, 2.45) is 0 Å². The van der Waals surface area contributed by atoms with Crippen LogP contribution in [0.1, 0.15) is 12.6 Å². The van der Waals surface area contributed by atoms with E-state index in [2.05, 4.69) is 49.0 Å². The van der Waals surface area contributed by atoms with Crippen LogP contribution in [0.5, 0.6) is 0 Å². The van der Waals surface area contributed by atoms with Gasteiger partial charge in [0.1, 0.15) is 5.69 Å². The minimum absolute atomic E-state index is 0.693. The molecule has 0 fully saturated rings. The molecule has 2 rings (SSSR count). The van der Waals surface area contributed by atoms with Crippen molar-refractivity contribution in [3.63, 3.8) is 0 Å². The van der Waals surface area contributed by atoms with Crippen LogP contribution in [-0.2, 0) is 6.42 Å². The molecule has 0 radical (unpaired) electrons. The Labute approximate surface area is 116 Å². The van der Waals surface area contributed by atoms with Crippen LogP contribution in [0.2, 0.25) is 5.02 Å². The third-order valence-electron chi connectivity index (χ3n) is 2.31. The molecule has 2 nitrogen and oxygen atoms in total. The molecule has 1 N–H and O–H groups in total. The second-order valence-corrected chi connectivity index (χ2v) is 5.46. The lowest BCUT2D eigenvalue weighted by Gasteiger charge is -2.02. The average molecular weight is 364 g/mol. The highest BCUT2D eigenvalue weighted by molar-refractivity contribution is 9.11. The van der Waals surface area contributed by atoms with Gasteiger partial charge in [0, 0.05) is 15.7 Å². The Balaban J connectivity index is 2.58. The zero-order chi connectivity index (χ0) is 11.7. The zero-order valence-corrected chi connectivity index (χ0v) is 12.4. The molecule has 0 saturated heterocycles. The van der Waals surface area contributed by atoms with E-state index in [1.165, 1.54) is 0 Å². The normalized spacial score (nSPS) is 10.8. The lowest BCUT2D eigenvalue weighted by Crippen LogP contribution is -1.81. The van der Waals surface area contributed by atoms with E-state index in [1.807, 2.05) is 18.2 Å². The second-order valence-electron chi connectivity index (χ2n) is 3.34. The van der Waals surface area contributed by atoms with Gasteiger partial charge in [0.25, 0.3) is 0 Å². The minimum atomic E-state index is 0.693. The van der Waals surface area contributed by atoms with Gasteiger partial charge in [-0.05, 0) is 40.5 Å². The Morgan fingerprint density at radius 1 is 1.38 bits per heavy atom. The lowest BCUT2D eigenvalue weighted by atomic mass is 10.1. The second kappa shape index (κ2) is 4.90. The van der Waals surface area contributed by atoms with Gasteiger partial charge >= 0.3 is 0 Å². The maximum Gasteiger partial charge on any atom is 0.108 e. The highest BCUT2D eigenvalue weighted by Crippen LogP contribution is 2.35. The van der Waals surface area contributed by atoms with Crippen LogP contribution in [0, 0.1) is 0 Å². The van der Waals surface area contributed by atoms with Crippen LogP contribution < -0.4 is 0 Å². The molecule has 0 aliphatic heterocycles. The summed E-state index contributed by atoms with van der Waals surface area (Å²) in [6.45, 7) is 2.07. The van der Waals surface area contributed by atoms with Crippen molar-refractivity contribution >= 4 is 43.5 Å². The first-order valence-corrected chi connectivity index (χ1v) is 6.78. The van der Waals surface area contributed by atoms with Crippen LogP contribution in [0.15, 0.2) is 27.1 Å². The van der Waals surface area contributed by atoms with Gasteiger partial charge in [0.05, 0.1) is 9.50 Å². The molecule has 0 unspecified atom stereocenters. The number of nitrogens with one attached hydrogen (secondary N) is 1. The summed E-state index contributed by atoms with van der Waals surface area (Å²) < 4.78 is 1.97. The van der Waals surface area contributed by atoms with Crippen LogP contribution in [0.25, 0.3) is 11.3 Å². The van der Waals surface area contributed by atoms with Gasteiger partial charge < -0.3 is 0 Å². The molecule has 0 saturated carbocycles. The fraction of sp³-hybridized carbons (Fsp3) is 0.182. The molecular formula is C11H9Br2ClN2. The number of rotatable bonds is 2. The minimum Gasteiger partial charge on any atom is -0.281 e. The first kappa shape index (κ1) is 12.1. The molecule has 1 aromatic heterocycles. The maximum absolute atomic E-state index is 6.16. The number of hydrogen-bond acceptors (Lipinski definition) is 1. The largest absolute Gasteiger partial charge is 0.281 e. The van der Waals surface area contributed by atoms with Crippen LogP contribution in [-0.4, -0.2) is 10.2 Å². The number of H-pyrrole nitrogens is 1. The van der Waals surface area contributed by atoms with Crippen molar-refractivity contribution in [1.29, 1.82) is 0 Å². The molecular weight excluding hydrogens is 355 g/mol. The van der Waals surface area contributed by atoms with E-state index in [4.69, 9.17) is 11.6 Å². The van der Waals surface area contributed by atoms with Crippen LogP contribution >= 0.6 is 43.5 Å². The quantitative estimate of drug-likeness (QED) is 0.813. The standard InChI is InChI=1S/C11H9Br2ClN2/c1-2-9-10(13)11(16-15-9)7-5-6(12)3-4-8(7)14/h3-5H,2H2,1H3,(H,15,16). The van der Waals surface area contributed by atoms with Crippen molar-refractivity contribution < 1.29 is 0 Å². The smallest absolute Gasteiger partial charge is 0.108 e. The van der Waals surface area contributed by atoms with Crippen molar-refractivity contribution in [2.45, 2.75) is 13.3 Å². The first-order valence-electron chi connectivity index (χ1n) is 4.81. The number of aromatic nitrogens is 2. The third-order valence-corrected chi connectivity index (χ3v) is 3.99. The van der Waals surface area contributed by atoms with E-state index in [0.717, 1.165) is 32.3 Å². The number of nitrogens with zero attached hydrogens (tertiary/aromatic N) is 1. The lowest BCUT2D eigenvalue weighted by molar-refractivity contribution is 0.973. The van der Waals surface area contributed by atoms with E-state index >= 15 is 0 Å². The van der Waals surface area contributed by atoms with Crippen molar-refractivity contribution in [3.05, 3.63) is 37.9 Å². The molecule has 0 amide bonds. The number of halogens is 3. The SMILES string of the molecule is CCc1[nH]nc(-c2cc(Br)ccc2Cl)c1Br. The number of hydrogen-bond donors (Lipinski definition) is 1. The van der Waals surface area contributed by atoms with Gasteiger partial charge in [-0.15, -0.1) is 0 Å². The first-order chi connectivity index (χ1) is 7.63. The van der Waals surface area contributed by atoms with Gasteiger partial charge in [0.2, 0.25) is 0 Å². The van der Waals surface area contributed by atoms with Gasteiger partial charge in [-0.1, -0.05) is 34.5 Å². The molecule has 1 aromatic carbocycles. The summed E-state index contributed by atoms with van der Waals surface area (Å²) in [6.07, 6.45) is 0.902. The molecule has 84 valence electrons. The molecule has 0 atom stereocenters. The average Bonchev–Trinajstić information content (AvgIpc) is 2.63. The summed E-state index contributed by atoms with van der Waals surface area (Å²) >= 11 is 13.1. The number of benzene rings is 1. The highest BCUT2D eigenvalue weighted by Gasteiger charge is 2.14. The van der Waals surface area contributed by atoms with E-state index in [-0.39, 0.29) is 0 Å². The Hall–Kier alpha value is -0.320. The summed E-state index contributed by atoms with van der Waals surface area (Å²) in [5.41, 5.74) is 2.84. The molecule has 2 aromatic rings. The Morgan fingerprint density at radius 3 is 2.75 bits per heavy atom. The van der Waals surface area contributed by atoms with Crippen molar-refractivity contribution in [1.82, 2.24) is 10.2 Å². The fourth-order valence-electron chi connectivity index (χ4n) is 1.46. The zero-order valence-electron chi connectivity index (χ0n) is 8.52. The summed E-state index contributed by atoms with van der Waals surface area (Å²) in [7, 11) is 0. The number of aromatic amines is 1. The van der Waals surface area contributed by atoms with Crippen molar-refractivity contribution in [2.75, 3.05) is 0 Å². The molecule has 16 heavy (non-hydrogen) atoms. The van der Waals surface area contributed by atoms with Gasteiger partial charge in [-0.2, -0.15) is 5.10 Å². The Morgan fingerprint density at radius 2 is 2.12 bits per heavy atom. The Kier molecular flexibility index (Phi) is 3.72. The summed E-state index contributed by atoms with van der Waals surface area (Å²) in [5, 5.41) is 7.97. The van der Waals surface area contributed by atoms with Gasteiger partial charge in [-0.3, -0.25) is 5.10 Å². The molecule has 5 heteroatoms. The fourth-order valence-corrected chi connectivity index (χ4v) is 2.70. The molecule has 0 bridgehead atoms. The topological polar surface area (TPSA) is 28.7 Å². The summed E-state index contributed by atoms with van der Waals surface area (Å²) in [5.74, 6) is 0. The van der Waals surface area contributed by atoms with E-state index in [9.17, 15) is 0 Å². The van der Waals surface area contributed by atoms with E-state index in [0.29, 0.717) is 5.02 Å². The van der Waals surface area contributed by atoms with Crippen molar-refractivity contribution in [3.8, 4) is 11.3 Å².